The van der Waals surface area contributed by atoms with Crippen molar-refractivity contribution in [1.29, 1.82) is 0 Å². The number of nitrogens with zero attached hydrogens (tertiary/aromatic N) is 1. The highest BCUT2D eigenvalue weighted by Crippen LogP contribution is 2.26. The predicted molar refractivity (Wildman–Crippen MR) is 64.5 cm³/mol. The smallest absolute Gasteiger partial charge is 0.288 e. The van der Waals surface area contributed by atoms with E-state index in [9.17, 15) is 8.78 Å². The predicted octanol–water partition coefficient (Wildman–Crippen LogP) is 3.79. The number of rotatable bonds is 5. The number of halogens is 2. The molecule has 0 radical (unpaired) electrons. The number of hydrogen-bond acceptors (Lipinski definition) is 2. The summed E-state index contributed by atoms with van der Waals surface area (Å²) in [5, 5.41) is 0. The van der Waals surface area contributed by atoms with E-state index in [2.05, 4.69) is 4.99 Å². The van der Waals surface area contributed by atoms with Crippen LogP contribution in [-0.2, 0) is 0 Å². The van der Waals surface area contributed by atoms with Gasteiger partial charge in [0.25, 0.3) is 5.76 Å². The van der Waals surface area contributed by atoms with E-state index in [0.29, 0.717) is 28.2 Å². The van der Waals surface area contributed by atoms with E-state index < -0.39 is 5.76 Å². The Bertz CT molecular complexity index is 350. The first-order valence-electron chi connectivity index (χ1n) is 4.99. The molecule has 0 atom stereocenters. The van der Waals surface area contributed by atoms with Crippen LogP contribution in [-0.4, -0.2) is 11.6 Å². The summed E-state index contributed by atoms with van der Waals surface area (Å²) in [5.74, 6) is -1.82. The molecule has 0 saturated heterocycles. The standard InChI is InChI=1S/C11H14F2N2S/c1-2-3-10(14)15-8-4-6-9(7-5-8)16-11(12)13/h4-7,11H,2-3H2,1H3,(H2,14,15). The lowest BCUT2D eigenvalue weighted by Gasteiger charge is -2.01. The quantitative estimate of drug-likeness (QED) is 0.486. The van der Waals surface area contributed by atoms with E-state index in [1.54, 1.807) is 24.3 Å². The van der Waals surface area contributed by atoms with Crippen molar-refractivity contribution >= 4 is 23.3 Å². The Kier molecular flexibility index (Phi) is 5.25. The Morgan fingerprint density at radius 3 is 2.50 bits per heavy atom. The fourth-order valence-electron chi connectivity index (χ4n) is 1.18. The van der Waals surface area contributed by atoms with Gasteiger partial charge in [-0.2, -0.15) is 8.78 Å². The largest absolute Gasteiger partial charge is 0.387 e. The number of amidine groups is 1. The zero-order valence-electron chi connectivity index (χ0n) is 8.99. The number of hydrogen-bond donors (Lipinski definition) is 1. The maximum absolute atomic E-state index is 12.0. The monoisotopic (exact) mass is 244 g/mol. The third-order valence-electron chi connectivity index (χ3n) is 1.84. The minimum absolute atomic E-state index is 0.523. The van der Waals surface area contributed by atoms with Crippen molar-refractivity contribution in [3.8, 4) is 0 Å². The molecule has 88 valence electrons. The molecule has 0 spiro atoms. The number of aliphatic imine (C=N–C) groups is 1. The average molecular weight is 244 g/mol. The van der Waals surface area contributed by atoms with E-state index in [4.69, 9.17) is 5.73 Å². The summed E-state index contributed by atoms with van der Waals surface area (Å²) in [6.45, 7) is 2.02. The molecule has 0 fully saturated rings. The van der Waals surface area contributed by atoms with Gasteiger partial charge >= 0.3 is 0 Å². The Morgan fingerprint density at radius 2 is 2.00 bits per heavy atom. The summed E-state index contributed by atoms with van der Waals surface area (Å²) in [7, 11) is 0. The zero-order valence-corrected chi connectivity index (χ0v) is 9.81. The topological polar surface area (TPSA) is 38.4 Å². The molecule has 0 amide bonds. The molecule has 2 N–H and O–H groups in total. The van der Waals surface area contributed by atoms with Crippen LogP contribution in [0.1, 0.15) is 19.8 Å². The lowest BCUT2D eigenvalue weighted by atomic mass is 10.3. The van der Waals surface area contributed by atoms with Crippen LogP contribution in [0.2, 0.25) is 0 Å². The van der Waals surface area contributed by atoms with Gasteiger partial charge in [0.05, 0.1) is 11.5 Å². The molecule has 0 aliphatic carbocycles. The van der Waals surface area contributed by atoms with Gasteiger partial charge in [-0.15, -0.1) is 0 Å². The first-order chi connectivity index (χ1) is 7.61. The van der Waals surface area contributed by atoms with Crippen LogP contribution in [0.5, 0.6) is 0 Å². The minimum atomic E-state index is -2.39. The maximum atomic E-state index is 12.0. The molecule has 1 aromatic rings. The molecule has 1 aromatic carbocycles. The second kappa shape index (κ2) is 6.48. The van der Waals surface area contributed by atoms with Crippen molar-refractivity contribution in [1.82, 2.24) is 0 Å². The molecule has 0 unspecified atom stereocenters. The molecular weight excluding hydrogens is 230 g/mol. The first kappa shape index (κ1) is 13.0. The summed E-state index contributed by atoms with van der Waals surface area (Å²) in [6.07, 6.45) is 1.68. The van der Waals surface area contributed by atoms with Crippen molar-refractivity contribution in [2.75, 3.05) is 0 Å². The van der Waals surface area contributed by atoms with Crippen LogP contribution < -0.4 is 5.73 Å². The van der Waals surface area contributed by atoms with Gasteiger partial charge in [-0.25, -0.2) is 4.99 Å². The summed E-state index contributed by atoms with van der Waals surface area (Å²) >= 11 is 0.523. The van der Waals surface area contributed by atoms with Crippen LogP contribution in [0.4, 0.5) is 14.5 Å². The SMILES string of the molecule is CCCC(N)=Nc1ccc(SC(F)F)cc1. The second-order valence-electron chi connectivity index (χ2n) is 3.23. The molecule has 16 heavy (non-hydrogen) atoms. The Hall–Kier alpha value is -1.10. The molecule has 0 bridgehead atoms. The van der Waals surface area contributed by atoms with Gasteiger partial charge in [-0.05, 0) is 30.7 Å². The fourth-order valence-corrected chi connectivity index (χ4v) is 1.68. The van der Waals surface area contributed by atoms with Crippen molar-refractivity contribution in [3.05, 3.63) is 24.3 Å². The molecule has 0 saturated carbocycles. The fraction of sp³-hybridized carbons (Fsp3) is 0.364. The summed E-state index contributed by atoms with van der Waals surface area (Å²) in [4.78, 5) is 4.70. The van der Waals surface area contributed by atoms with E-state index >= 15 is 0 Å². The minimum Gasteiger partial charge on any atom is -0.387 e. The second-order valence-corrected chi connectivity index (χ2v) is 4.29. The summed E-state index contributed by atoms with van der Waals surface area (Å²) in [6, 6.07) is 6.62. The van der Waals surface area contributed by atoms with Gasteiger partial charge in [0.15, 0.2) is 0 Å². The first-order valence-corrected chi connectivity index (χ1v) is 5.87. The lowest BCUT2D eigenvalue weighted by Crippen LogP contribution is -2.09. The van der Waals surface area contributed by atoms with E-state index in [0.717, 1.165) is 12.8 Å². The van der Waals surface area contributed by atoms with Crippen molar-refractivity contribution < 1.29 is 8.78 Å². The van der Waals surface area contributed by atoms with Crippen LogP contribution in [0, 0.1) is 0 Å². The van der Waals surface area contributed by atoms with E-state index in [1.165, 1.54) is 0 Å². The van der Waals surface area contributed by atoms with Crippen molar-refractivity contribution in [2.45, 2.75) is 30.4 Å². The Morgan fingerprint density at radius 1 is 1.38 bits per heavy atom. The molecule has 1 rings (SSSR count). The number of nitrogens with two attached hydrogens (primary N) is 1. The molecule has 0 heterocycles. The highest BCUT2D eigenvalue weighted by atomic mass is 32.2. The van der Waals surface area contributed by atoms with Crippen molar-refractivity contribution in [2.24, 2.45) is 10.7 Å². The molecule has 0 aromatic heterocycles. The third kappa shape index (κ3) is 4.61. The van der Waals surface area contributed by atoms with Gasteiger partial charge in [-0.3, -0.25) is 0 Å². The number of benzene rings is 1. The lowest BCUT2D eigenvalue weighted by molar-refractivity contribution is 0.252. The third-order valence-corrected chi connectivity index (χ3v) is 2.56. The van der Waals surface area contributed by atoms with Gasteiger partial charge in [0.2, 0.25) is 0 Å². The molecule has 0 aliphatic rings. The van der Waals surface area contributed by atoms with Crippen LogP contribution in [0.3, 0.4) is 0 Å². The highest BCUT2D eigenvalue weighted by molar-refractivity contribution is 7.99. The van der Waals surface area contributed by atoms with Crippen LogP contribution in [0.25, 0.3) is 0 Å². The van der Waals surface area contributed by atoms with Gasteiger partial charge in [0.1, 0.15) is 0 Å². The zero-order chi connectivity index (χ0) is 12.0. The molecular formula is C11H14F2N2S. The molecule has 5 heteroatoms. The van der Waals surface area contributed by atoms with Crippen LogP contribution >= 0.6 is 11.8 Å². The Balaban J connectivity index is 2.67. The average Bonchev–Trinajstić information content (AvgIpc) is 2.20. The Labute approximate surface area is 97.9 Å². The molecule has 0 aliphatic heterocycles. The normalized spacial score (nSPS) is 12.1. The number of thioether (sulfide) groups is 1. The highest BCUT2D eigenvalue weighted by Gasteiger charge is 2.04. The van der Waals surface area contributed by atoms with Gasteiger partial charge in [0, 0.05) is 11.3 Å². The van der Waals surface area contributed by atoms with Crippen LogP contribution in [0.15, 0.2) is 34.2 Å². The summed E-state index contributed by atoms with van der Waals surface area (Å²) in [5.41, 5.74) is 6.36. The van der Waals surface area contributed by atoms with Gasteiger partial charge < -0.3 is 5.73 Å². The van der Waals surface area contributed by atoms with Crippen molar-refractivity contribution in [3.63, 3.8) is 0 Å². The number of alkyl halides is 2. The molecule has 2 nitrogen and oxygen atoms in total. The maximum Gasteiger partial charge on any atom is 0.288 e. The summed E-state index contributed by atoms with van der Waals surface area (Å²) < 4.78 is 24.1. The van der Waals surface area contributed by atoms with E-state index in [-0.39, 0.29) is 0 Å². The van der Waals surface area contributed by atoms with E-state index in [1.807, 2.05) is 6.92 Å². The van der Waals surface area contributed by atoms with Gasteiger partial charge in [-0.1, -0.05) is 18.7 Å².